The highest BCUT2D eigenvalue weighted by Crippen LogP contribution is 2.11. The van der Waals surface area contributed by atoms with Gasteiger partial charge in [-0.05, 0) is 25.4 Å². The van der Waals surface area contributed by atoms with Crippen LogP contribution in [0.4, 0.5) is 0 Å². The van der Waals surface area contributed by atoms with E-state index in [1.165, 1.54) is 0 Å². The summed E-state index contributed by atoms with van der Waals surface area (Å²) in [5, 5.41) is 6.28. The molecule has 0 spiro atoms. The first-order valence-electron chi connectivity index (χ1n) is 5.34. The van der Waals surface area contributed by atoms with Crippen LogP contribution in [0.1, 0.15) is 20.3 Å². The molecule has 0 aliphatic carbocycles. The van der Waals surface area contributed by atoms with Crippen molar-refractivity contribution >= 4 is 5.91 Å². The molecule has 0 unspecified atom stereocenters. The molecule has 1 fully saturated rings. The molecule has 1 rings (SSSR count). The number of nitrogens with one attached hydrogen (secondary N) is 2. The van der Waals surface area contributed by atoms with Gasteiger partial charge in [-0.25, -0.2) is 0 Å². The second-order valence-corrected chi connectivity index (χ2v) is 4.34. The molecule has 0 radical (unpaired) electrons. The van der Waals surface area contributed by atoms with Gasteiger partial charge in [0.05, 0.1) is 0 Å². The normalized spacial score (nSPS) is 26.9. The Morgan fingerprint density at radius 2 is 2.36 bits per heavy atom. The van der Waals surface area contributed by atoms with Crippen LogP contribution in [0.25, 0.3) is 0 Å². The Balaban J connectivity index is 2.17. The number of carbonyl (C=O) groups excluding carboxylic acids is 1. The first-order chi connectivity index (χ1) is 6.63. The maximum Gasteiger partial charge on any atom is 0.222 e. The molecule has 1 aliphatic heterocycles. The molecular formula is C10H21N3O. The van der Waals surface area contributed by atoms with Crippen molar-refractivity contribution in [3.05, 3.63) is 0 Å². The third kappa shape index (κ3) is 3.27. The first kappa shape index (κ1) is 11.5. The molecule has 0 bridgehead atoms. The van der Waals surface area contributed by atoms with Gasteiger partial charge in [0.1, 0.15) is 0 Å². The second-order valence-electron chi connectivity index (χ2n) is 4.34. The van der Waals surface area contributed by atoms with Gasteiger partial charge in [-0.1, -0.05) is 13.8 Å². The smallest absolute Gasteiger partial charge is 0.222 e. The van der Waals surface area contributed by atoms with Gasteiger partial charge in [0.2, 0.25) is 5.91 Å². The summed E-state index contributed by atoms with van der Waals surface area (Å²) in [4.78, 5) is 11.3. The molecule has 0 aromatic heterocycles. The Bertz CT molecular complexity index is 194. The van der Waals surface area contributed by atoms with Crippen LogP contribution in [-0.4, -0.2) is 31.6 Å². The van der Waals surface area contributed by atoms with E-state index >= 15 is 0 Å². The lowest BCUT2D eigenvalue weighted by atomic mass is 10.1. The average Bonchev–Trinajstić information content (AvgIpc) is 2.61. The van der Waals surface area contributed by atoms with E-state index in [1.807, 2.05) is 13.8 Å². The SMILES string of the molecule is CC(C)C(=O)NC[C@H]1C[C@H](CN)CN1. The van der Waals surface area contributed by atoms with Crippen LogP contribution in [0.3, 0.4) is 0 Å². The third-order valence-electron chi connectivity index (χ3n) is 2.69. The Morgan fingerprint density at radius 1 is 1.64 bits per heavy atom. The molecule has 0 aromatic rings. The lowest BCUT2D eigenvalue weighted by Gasteiger charge is -2.13. The van der Waals surface area contributed by atoms with Crippen LogP contribution in [0.15, 0.2) is 0 Å². The van der Waals surface area contributed by atoms with E-state index in [4.69, 9.17) is 5.73 Å². The lowest BCUT2D eigenvalue weighted by molar-refractivity contribution is -0.124. The molecule has 4 nitrogen and oxygen atoms in total. The van der Waals surface area contributed by atoms with Crippen molar-refractivity contribution in [3.63, 3.8) is 0 Å². The summed E-state index contributed by atoms with van der Waals surface area (Å²) < 4.78 is 0. The summed E-state index contributed by atoms with van der Waals surface area (Å²) in [6, 6.07) is 0.409. The number of carbonyl (C=O) groups is 1. The molecule has 14 heavy (non-hydrogen) atoms. The summed E-state index contributed by atoms with van der Waals surface area (Å²) in [7, 11) is 0. The predicted molar refractivity (Wildman–Crippen MR) is 56.8 cm³/mol. The van der Waals surface area contributed by atoms with Crippen LogP contribution < -0.4 is 16.4 Å². The van der Waals surface area contributed by atoms with E-state index in [-0.39, 0.29) is 11.8 Å². The second kappa shape index (κ2) is 5.32. The van der Waals surface area contributed by atoms with Crippen molar-refractivity contribution in [1.29, 1.82) is 0 Å². The summed E-state index contributed by atoms with van der Waals surface area (Å²) in [5.41, 5.74) is 5.57. The van der Waals surface area contributed by atoms with Gasteiger partial charge in [0, 0.05) is 18.5 Å². The average molecular weight is 199 g/mol. The molecule has 4 N–H and O–H groups in total. The highest BCUT2D eigenvalue weighted by atomic mass is 16.1. The van der Waals surface area contributed by atoms with Crippen LogP contribution >= 0.6 is 0 Å². The van der Waals surface area contributed by atoms with Crippen molar-refractivity contribution < 1.29 is 4.79 Å². The van der Waals surface area contributed by atoms with Gasteiger partial charge < -0.3 is 16.4 Å². The van der Waals surface area contributed by atoms with Crippen LogP contribution in [0, 0.1) is 11.8 Å². The molecule has 1 aliphatic rings. The monoisotopic (exact) mass is 199 g/mol. The Kier molecular flexibility index (Phi) is 4.35. The van der Waals surface area contributed by atoms with Gasteiger partial charge in [0.25, 0.3) is 0 Å². The summed E-state index contributed by atoms with van der Waals surface area (Å²) in [6.07, 6.45) is 1.08. The third-order valence-corrected chi connectivity index (χ3v) is 2.69. The zero-order valence-electron chi connectivity index (χ0n) is 9.05. The van der Waals surface area contributed by atoms with Gasteiger partial charge in [-0.15, -0.1) is 0 Å². The Hall–Kier alpha value is -0.610. The van der Waals surface area contributed by atoms with Crippen molar-refractivity contribution in [2.24, 2.45) is 17.6 Å². The molecule has 4 heteroatoms. The number of hydrogen-bond acceptors (Lipinski definition) is 3. The summed E-state index contributed by atoms with van der Waals surface area (Å²) in [6.45, 7) is 6.26. The topological polar surface area (TPSA) is 67.2 Å². The van der Waals surface area contributed by atoms with Crippen LogP contribution in [-0.2, 0) is 4.79 Å². The van der Waals surface area contributed by atoms with E-state index in [9.17, 15) is 4.79 Å². The maximum atomic E-state index is 11.3. The van der Waals surface area contributed by atoms with Gasteiger partial charge in [-0.3, -0.25) is 4.79 Å². The Morgan fingerprint density at radius 3 is 2.86 bits per heavy atom. The standard InChI is InChI=1S/C10H21N3O/c1-7(2)10(14)13-6-9-3-8(4-11)5-12-9/h7-9,12H,3-6,11H2,1-2H3,(H,13,14)/t8-,9-/m1/s1. The fraction of sp³-hybridized carbons (Fsp3) is 0.900. The van der Waals surface area contributed by atoms with Crippen molar-refractivity contribution in [2.75, 3.05) is 19.6 Å². The molecule has 1 heterocycles. The molecule has 82 valence electrons. The first-order valence-corrected chi connectivity index (χ1v) is 5.34. The van der Waals surface area contributed by atoms with Crippen molar-refractivity contribution in [2.45, 2.75) is 26.3 Å². The summed E-state index contributed by atoms with van der Waals surface area (Å²) >= 11 is 0. The fourth-order valence-corrected chi connectivity index (χ4v) is 1.67. The van der Waals surface area contributed by atoms with Crippen molar-refractivity contribution in [1.82, 2.24) is 10.6 Å². The number of nitrogens with two attached hydrogens (primary N) is 1. The minimum atomic E-state index is 0.0710. The fourth-order valence-electron chi connectivity index (χ4n) is 1.67. The van der Waals surface area contributed by atoms with Crippen molar-refractivity contribution in [3.8, 4) is 0 Å². The zero-order valence-corrected chi connectivity index (χ0v) is 9.05. The quantitative estimate of drug-likeness (QED) is 0.582. The van der Waals surface area contributed by atoms with E-state index in [2.05, 4.69) is 10.6 Å². The number of amides is 1. The molecule has 2 atom stereocenters. The van der Waals surface area contributed by atoms with E-state index in [1.54, 1.807) is 0 Å². The minimum Gasteiger partial charge on any atom is -0.354 e. The minimum absolute atomic E-state index is 0.0710. The molecule has 1 saturated heterocycles. The predicted octanol–water partition coefficient (Wildman–Crippen LogP) is -0.305. The van der Waals surface area contributed by atoms with Gasteiger partial charge >= 0.3 is 0 Å². The van der Waals surface area contributed by atoms with Crippen LogP contribution in [0.2, 0.25) is 0 Å². The van der Waals surface area contributed by atoms with Gasteiger partial charge in [0.15, 0.2) is 0 Å². The highest BCUT2D eigenvalue weighted by Gasteiger charge is 2.23. The number of rotatable bonds is 4. The zero-order chi connectivity index (χ0) is 10.6. The van der Waals surface area contributed by atoms with Crippen LogP contribution in [0.5, 0.6) is 0 Å². The Labute approximate surface area is 85.6 Å². The van der Waals surface area contributed by atoms with E-state index in [0.29, 0.717) is 12.0 Å². The van der Waals surface area contributed by atoms with Gasteiger partial charge in [-0.2, -0.15) is 0 Å². The summed E-state index contributed by atoms with van der Waals surface area (Å²) in [5.74, 6) is 0.778. The number of hydrogen-bond donors (Lipinski definition) is 3. The molecular weight excluding hydrogens is 178 g/mol. The van der Waals surface area contributed by atoms with E-state index < -0.39 is 0 Å². The maximum absolute atomic E-state index is 11.3. The molecule has 0 saturated carbocycles. The largest absolute Gasteiger partial charge is 0.354 e. The highest BCUT2D eigenvalue weighted by molar-refractivity contribution is 5.77. The lowest BCUT2D eigenvalue weighted by Crippen LogP contribution is -2.38. The molecule has 1 amide bonds. The molecule has 0 aromatic carbocycles. The van der Waals surface area contributed by atoms with E-state index in [0.717, 1.165) is 26.1 Å².